The van der Waals surface area contributed by atoms with Crippen LogP contribution in [0.15, 0.2) is 15.3 Å². The van der Waals surface area contributed by atoms with Gasteiger partial charge in [0.25, 0.3) is 0 Å². The Labute approximate surface area is 269 Å². The van der Waals surface area contributed by atoms with E-state index in [1.54, 1.807) is 27.7 Å². The number of esters is 1. The molecule has 16 heteroatoms. The maximum atomic E-state index is 13.3. The Morgan fingerprint density at radius 2 is 1.51 bits per heavy atom. The number of aliphatic hydroxyl groups excluding tert-OH is 8. The zero-order valence-corrected chi connectivity index (χ0v) is 26.4. The maximum Gasteiger partial charge on any atom is 0.336 e. The van der Waals surface area contributed by atoms with Gasteiger partial charge in [-0.2, -0.15) is 0 Å². The molecule has 1 aromatic rings. The first-order valence-corrected chi connectivity index (χ1v) is 15.9. The highest BCUT2D eigenvalue weighted by molar-refractivity contribution is 5.81. The van der Waals surface area contributed by atoms with Crippen LogP contribution in [-0.2, 0) is 33.9 Å². The number of carbonyl (C=O) groups is 1. The summed E-state index contributed by atoms with van der Waals surface area (Å²) in [6.45, 7) is 5.90. The van der Waals surface area contributed by atoms with Crippen molar-refractivity contribution in [3.63, 3.8) is 0 Å². The zero-order valence-electron chi connectivity index (χ0n) is 26.4. The molecular formula is C31H44O16. The molecule has 4 fully saturated rings. The summed E-state index contributed by atoms with van der Waals surface area (Å²) in [5, 5.41) is 84.0. The summed E-state index contributed by atoms with van der Waals surface area (Å²) in [6, 6.07) is 1.28. The van der Waals surface area contributed by atoms with Crippen LogP contribution in [0.4, 0.5) is 0 Å². The molecule has 0 aromatic carbocycles. The molecule has 0 amide bonds. The van der Waals surface area contributed by atoms with Crippen LogP contribution in [-0.4, -0.2) is 134 Å². The van der Waals surface area contributed by atoms with Gasteiger partial charge in [0, 0.05) is 28.9 Å². The van der Waals surface area contributed by atoms with Crippen molar-refractivity contribution in [3.8, 4) is 0 Å². The van der Waals surface area contributed by atoms with Crippen LogP contribution in [0.2, 0.25) is 0 Å². The summed E-state index contributed by atoms with van der Waals surface area (Å²) in [6.07, 6.45) is -18.7. The molecule has 47 heavy (non-hydrogen) atoms. The number of hydrogen-bond donors (Lipinski definition) is 8. The fraction of sp³-hybridized carbons (Fsp3) is 0.806. The molecule has 264 valence electrons. The van der Waals surface area contributed by atoms with Gasteiger partial charge in [-0.1, -0.05) is 20.8 Å². The second-order valence-electron chi connectivity index (χ2n) is 14.1. The van der Waals surface area contributed by atoms with Crippen molar-refractivity contribution in [3.05, 3.63) is 33.4 Å². The second kappa shape index (κ2) is 12.4. The van der Waals surface area contributed by atoms with Gasteiger partial charge in [0.2, 0.25) is 0 Å². The lowest BCUT2D eigenvalue weighted by molar-refractivity contribution is -0.341. The fourth-order valence-corrected chi connectivity index (χ4v) is 8.39. The average Bonchev–Trinajstić information content (AvgIpc) is 3.31. The predicted molar refractivity (Wildman–Crippen MR) is 153 cm³/mol. The molecule has 3 saturated heterocycles. The highest BCUT2D eigenvalue weighted by Gasteiger charge is 2.70. The minimum absolute atomic E-state index is 0.218. The largest absolute Gasteiger partial charge is 0.458 e. The maximum absolute atomic E-state index is 13.3. The van der Waals surface area contributed by atoms with Crippen LogP contribution < -0.4 is 5.63 Å². The average molecular weight is 673 g/mol. The van der Waals surface area contributed by atoms with Gasteiger partial charge in [-0.05, 0) is 25.3 Å². The third-order valence-electron chi connectivity index (χ3n) is 10.9. The predicted octanol–water partition coefficient (Wildman–Crippen LogP) is -2.58. The van der Waals surface area contributed by atoms with Crippen molar-refractivity contribution in [2.75, 3.05) is 13.2 Å². The first kappa shape index (κ1) is 34.8. The third kappa shape index (κ3) is 5.28. The normalized spacial score (nSPS) is 47.8. The van der Waals surface area contributed by atoms with Gasteiger partial charge in [-0.15, -0.1) is 0 Å². The Hall–Kier alpha value is -2.06. The van der Waals surface area contributed by atoms with E-state index in [9.17, 15) is 50.4 Å². The molecule has 6 rings (SSSR count). The molecule has 0 spiro atoms. The number of aliphatic hydroxyl groups is 8. The second-order valence-corrected chi connectivity index (χ2v) is 14.1. The van der Waals surface area contributed by atoms with E-state index in [-0.39, 0.29) is 24.5 Å². The smallest absolute Gasteiger partial charge is 0.336 e. The monoisotopic (exact) mass is 672 g/mol. The lowest BCUT2D eigenvalue weighted by Gasteiger charge is -2.56. The number of hydrogen-bond acceptors (Lipinski definition) is 16. The van der Waals surface area contributed by atoms with E-state index in [1.807, 2.05) is 0 Å². The summed E-state index contributed by atoms with van der Waals surface area (Å²) in [5.41, 5.74) is -2.15. The summed E-state index contributed by atoms with van der Waals surface area (Å²) >= 11 is 0. The van der Waals surface area contributed by atoms with Crippen molar-refractivity contribution in [2.45, 2.75) is 132 Å². The lowest BCUT2D eigenvalue weighted by Crippen LogP contribution is -2.64. The minimum atomic E-state index is -1.79. The quantitative estimate of drug-likeness (QED) is 0.138. The van der Waals surface area contributed by atoms with Crippen molar-refractivity contribution in [1.82, 2.24) is 0 Å². The molecule has 1 saturated carbocycles. The molecular weight excluding hydrogens is 628 g/mol. The van der Waals surface area contributed by atoms with Crippen molar-refractivity contribution in [1.29, 1.82) is 0 Å². The van der Waals surface area contributed by atoms with Crippen LogP contribution in [0.3, 0.4) is 0 Å². The number of carbonyl (C=O) groups excluding carboxylic acids is 1. The molecule has 0 unspecified atom stereocenters. The van der Waals surface area contributed by atoms with E-state index >= 15 is 0 Å². The Morgan fingerprint density at radius 1 is 0.894 bits per heavy atom. The highest BCUT2D eigenvalue weighted by atomic mass is 16.7. The number of rotatable bonds is 7. The van der Waals surface area contributed by atoms with E-state index in [4.69, 9.17) is 28.1 Å². The van der Waals surface area contributed by atoms with E-state index in [1.165, 1.54) is 6.07 Å². The SMILES string of the molecule is CC(C)c1oc(=O)cc2c1[C@@H](O)[C@H]1OC(=O)[C@@]3(C)CC[C@@H](O[C@@H]4O[C@H](CO[C@@H]5O[C@H](CO)[C@@H](O)[C@H](O)[C@H]5O)[C@@H](O)[C@H](O)[C@H]4O)[C@@]2(C)[C@@H]13. The summed E-state index contributed by atoms with van der Waals surface area (Å²) < 4.78 is 34.5. The molecule has 16 atom stereocenters. The summed E-state index contributed by atoms with van der Waals surface area (Å²) in [4.78, 5) is 26.2. The lowest BCUT2D eigenvalue weighted by atomic mass is 9.48. The molecule has 16 nitrogen and oxygen atoms in total. The van der Waals surface area contributed by atoms with E-state index in [0.29, 0.717) is 11.1 Å². The standard InChI is InChI=1S/C31H44O16/c1-10(2)24-16-11(7-15(33)46-24)31(4)14(5-6-30(3)26(31)25(19(16)36)47-29(30)41)45-28-23(40)21(38)18(35)13(44-28)9-42-27-22(39)20(37)17(34)12(8-32)43-27/h7,10,12-14,17-23,25-28,32,34-40H,5-6,8-9H2,1-4H3/t12-,13-,14-,17-,18-,19-,20+,21+,22-,23-,25-,26+,27-,28+,30+,31+/m1/s1. The molecule has 3 aliphatic heterocycles. The Balaban J connectivity index is 1.30. The summed E-state index contributed by atoms with van der Waals surface area (Å²) in [7, 11) is 0. The molecule has 5 aliphatic rings. The fourth-order valence-electron chi connectivity index (χ4n) is 8.39. The topological polar surface area (TPSA) is 255 Å². The van der Waals surface area contributed by atoms with Crippen LogP contribution in [0.1, 0.15) is 69.4 Å². The van der Waals surface area contributed by atoms with Crippen LogP contribution in [0.25, 0.3) is 0 Å². The van der Waals surface area contributed by atoms with Crippen molar-refractivity contribution < 1.29 is 73.7 Å². The molecule has 0 radical (unpaired) electrons. The Bertz CT molecular complexity index is 1400. The van der Waals surface area contributed by atoms with Gasteiger partial charge in [-0.25, -0.2) is 4.79 Å². The van der Waals surface area contributed by atoms with Gasteiger partial charge in [-0.3, -0.25) is 4.79 Å². The first-order chi connectivity index (χ1) is 22.1. The van der Waals surface area contributed by atoms with Gasteiger partial charge < -0.3 is 69.0 Å². The van der Waals surface area contributed by atoms with E-state index in [2.05, 4.69) is 0 Å². The van der Waals surface area contributed by atoms with Crippen LogP contribution in [0, 0.1) is 11.3 Å². The van der Waals surface area contributed by atoms with Crippen LogP contribution in [0.5, 0.6) is 0 Å². The molecule has 4 heterocycles. The highest BCUT2D eigenvalue weighted by Crippen LogP contribution is 2.64. The van der Waals surface area contributed by atoms with Gasteiger partial charge in [0.05, 0.1) is 24.7 Å². The number of ether oxygens (including phenoxy) is 5. The van der Waals surface area contributed by atoms with Gasteiger partial charge in [0.1, 0.15) is 66.8 Å². The van der Waals surface area contributed by atoms with Gasteiger partial charge in [0.15, 0.2) is 12.6 Å². The molecule has 0 bridgehead atoms. The Morgan fingerprint density at radius 3 is 2.15 bits per heavy atom. The van der Waals surface area contributed by atoms with Crippen molar-refractivity contribution >= 4 is 5.97 Å². The van der Waals surface area contributed by atoms with Crippen LogP contribution >= 0.6 is 0 Å². The number of fused-ring (bicyclic) bond motifs is 2. The van der Waals surface area contributed by atoms with E-state index < -0.39 is 121 Å². The minimum Gasteiger partial charge on any atom is -0.458 e. The summed E-state index contributed by atoms with van der Waals surface area (Å²) in [5.74, 6) is -1.24. The van der Waals surface area contributed by atoms with Gasteiger partial charge >= 0.3 is 11.6 Å². The van der Waals surface area contributed by atoms with Crippen molar-refractivity contribution in [2.24, 2.45) is 11.3 Å². The van der Waals surface area contributed by atoms with E-state index in [0.717, 1.165) is 0 Å². The third-order valence-corrected chi connectivity index (χ3v) is 10.9. The molecule has 1 aromatic heterocycles. The first-order valence-electron chi connectivity index (χ1n) is 15.9. The molecule has 8 N–H and O–H groups in total. The zero-order chi connectivity index (χ0) is 34.3. The molecule has 2 aliphatic carbocycles. The Kier molecular flexibility index (Phi) is 9.15.